The molecule has 46 heavy (non-hydrogen) atoms. The summed E-state index contributed by atoms with van der Waals surface area (Å²) in [7, 11) is 3.22. The third-order valence-corrected chi connectivity index (χ3v) is 7.77. The van der Waals surface area contributed by atoms with Crippen LogP contribution in [0.1, 0.15) is 22.5 Å². The molecule has 0 fully saturated rings. The third kappa shape index (κ3) is 6.33. The fraction of sp³-hybridized carbons (Fsp3) is 0.129. The average molecular weight is 680 g/mol. The second kappa shape index (κ2) is 12.8. The molecule has 4 aromatic rings. The zero-order valence-electron chi connectivity index (χ0n) is 23.8. The van der Waals surface area contributed by atoms with Crippen molar-refractivity contribution >= 4 is 57.8 Å². The molecule has 7 nitrogen and oxygen atoms in total. The second-order valence-electron chi connectivity index (χ2n) is 9.80. The fourth-order valence-electron chi connectivity index (χ4n) is 5.02. The van der Waals surface area contributed by atoms with E-state index in [-0.39, 0.29) is 11.2 Å². The van der Waals surface area contributed by atoms with Gasteiger partial charge in [-0.25, -0.2) is 9.82 Å². The second-order valence-corrected chi connectivity index (χ2v) is 10.7. The summed E-state index contributed by atoms with van der Waals surface area (Å²) >= 11 is 6.50. The quantitative estimate of drug-likeness (QED) is 0.0420. The highest BCUT2D eigenvalue weighted by Gasteiger charge is 2.39. The van der Waals surface area contributed by atoms with E-state index >= 15 is 0 Å². The van der Waals surface area contributed by atoms with Gasteiger partial charge >= 0.3 is 12.4 Å². The number of nitrogens with zero attached hydrogens (tertiary/aromatic N) is 4. The van der Waals surface area contributed by atoms with Crippen LogP contribution in [-0.4, -0.2) is 16.9 Å². The molecule has 1 aliphatic rings. The summed E-state index contributed by atoms with van der Waals surface area (Å²) in [6.45, 7) is 4.20. The van der Waals surface area contributed by atoms with Crippen molar-refractivity contribution in [2.24, 2.45) is 7.05 Å². The number of allylic oxidation sites excluding steroid dienone is 2. The van der Waals surface area contributed by atoms with Gasteiger partial charge in [0.05, 0.1) is 34.6 Å². The zero-order valence-corrected chi connectivity index (χ0v) is 25.4. The van der Waals surface area contributed by atoms with Crippen molar-refractivity contribution in [2.75, 3.05) is 16.8 Å². The topological polar surface area (TPSA) is 54.0 Å². The number of hydrogen-bond acceptors (Lipinski definition) is 6. The van der Waals surface area contributed by atoms with Gasteiger partial charge in [-0.3, -0.25) is 4.90 Å². The lowest BCUT2D eigenvalue weighted by molar-refractivity contribution is -0.647. The van der Waals surface area contributed by atoms with Crippen LogP contribution < -0.4 is 14.4 Å². The van der Waals surface area contributed by atoms with E-state index in [1.807, 2.05) is 6.07 Å². The van der Waals surface area contributed by atoms with Crippen LogP contribution in [0.3, 0.4) is 0 Å². The van der Waals surface area contributed by atoms with Crippen molar-refractivity contribution in [1.82, 2.24) is 4.57 Å². The lowest BCUT2D eigenvalue weighted by Crippen LogP contribution is -2.30. The number of aromatic nitrogens is 2. The number of halogens is 7. The molecule has 238 valence electrons. The van der Waals surface area contributed by atoms with Gasteiger partial charge in [0.25, 0.3) is 5.82 Å². The van der Waals surface area contributed by atoms with Crippen molar-refractivity contribution in [3.63, 3.8) is 0 Å². The molecular weight excluding hydrogens is 658 g/mol. The molecule has 1 N–H and O–H groups in total. The van der Waals surface area contributed by atoms with Gasteiger partial charge in [0.2, 0.25) is 0 Å². The molecule has 5 rings (SSSR count). The normalized spacial score (nSPS) is 14.3. The summed E-state index contributed by atoms with van der Waals surface area (Å²) in [5, 5.41) is 13.9. The summed E-state index contributed by atoms with van der Waals surface area (Å²) in [4.78, 5) is 3.21. The van der Waals surface area contributed by atoms with Gasteiger partial charge in [0, 0.05) is 30.1 Å². The summed E-state index contributed by atoms with van der Waals surface area (Å²) in [5.74, 6) is 0.744. The highest BCUT2D eigenvalue weighted by Crippen LogP contribution is 2.49. The Bertz CT molecular complexity index is 1950. The molecule has 0 radical (unpaired) electrons. The minimum absolute atomic E-state index is 0.126. The van der Waals surface area contributed by atoms with Gasteiger partial charge in [0.1, 0.15) is 23.9 Å². The highest BCUT2D eigenvalue weighted by atomic mass is 35.5. The Kier molecular flexibility index (Phi) is 9.16. The predicted molar refractivity (Wildman–Crippen MR) is 164 cm³/mol. The molecule has 2 heterocycles. The van der Waals surface area contributed by atoms with E-state index in [1.165, 1.54) is 16.7 Å². The summed E-state index contributed by atoms with van der Waals surface area (Å²) in [6, 6.07) is 17.1. The number of benzene rings is 3. The number of fused-ring (bicyclic) bond motifs is 2. The number of anilines is 2. The van der Waals surface area contributed by atoms with Crippen molar-refractivity contribution < 1.29 is 45.5 Å². The summed E-state index contributed by atoms with van der Waals surface area (Å²) < 4.78 is 89.1. The van der Waals surface area contributed by atoms with Crippen LogP contribution in [0.2, 0.25) is 5.02 Å². The van der Waals surface area contributed by atoms with Gasteiger partial charge in [-0.05, 0) is 35.9 Å². The maximum atomic E-state index is 13.8. The number of imidazole rings is 1. The van der Waals surface area contributed by atoms with Crippen molar-refractivity contribution in [2.45, 2.75) is 12.4 Å². The maximum Gasteiger partial charge on any atom is 0.417 e. The average Bonchev–Trinajstić information content (AvgIpc) is 3.42. The first-order chi connectivity index (χ1) is 21.7. The molecule has 0 spiro atoms. The van der Waals surface area contributed by atoms with E-state index in [0.29, 0.717) is 46.2 Å². The Balaban J connectivity index is 1.64. The van der Waals surface area contributed by atoms with Crippen molar-refractivity contribution in [3.05, 3.63) is 113 Å². The van der Waals surface area contributed by atoms with E-state index in [1.54, 1.807) is 71.0 Å². The molecule has 1 aliphatic heterocycles. The Labute approximate surface area is 267 Å². The number of rotatable bonds is 6. The predicted octanol–water partition coefficient (Wildman–Crippen LogP) is 8.47. The van der Waals surface area contributed by atoms with Crippen LogP contribution in [0, 0.1) is 11.3 Å². The smallest absolute Gasteiger partial charge is 0.329 e. The van der Waals surface area contributed by atoms with Crippen LogP contribution in [-0.2, 0) is 28.8 Å². The Morgan fingerprint density at radius 3 is 2.39 bits per heavy atom. The van der Waals surface area contributed by atoms with Crippen molar-refractivity contribution in [3.8, 4) is 11.3 Å². The van der Waals surface area contributed by atoms with Crippen LogP contribution in [0.25, 0.3) is 22.8 Å². The molecule has 0 unspecified atom stereocenters. The SMILES string of the molecule is C=C(c1ccccc1)N1/C(=C\C=C\c2n(C#CSOOO)c3cc(C(F)(F)F)ccc3[n+]2C)N(C)c2cc(C(F)(F)F)c(Cl)cc21. The maximum absolute atomic E-state index is 13.8. The standard InChI is InChI=1S/C31H21ClF6N4O3S/c1-19(20-8-5-4-6-9-20)42-27-18-23(32)22(31(36,37)38)17-25(27)40(3)29(42)11-7-10-28-39(2)24-13-12-21(30(33,34)35)16-26(24)41(28)14-15-46-45-44-43/h4-13,16-18H,1H2,2-3H3/p+1. The highest BCUT2D eigenvalue weighted by molar-refractivity contribution is 7.99. The summed E-state index contributed by atoms with van der Waals surface area (Å²) in [5.41, 5.74) is 0.393. The van der Waals surface area contributed by atoms with E-state index in [2.05, 4.69) is 27.2 Å². The van der Waals surface area contributed by atoms with E-state index in [9.17, 15) is 26.3 Å². The van der Waals surface area contributed by atoms with Crippen LogP contribution in [0.15, 0.2) is 85.2 Å². The van der Waals surface area contributed by atoms with Crippen LogP contribution >= 0.6 is 23.6 Å². The monoisotopic (exact) mass is 679 g/mol. The molecular formula is C31H22ClF6N4O3S+. The third-order valence-electron chi connectivity index (χ3n) is 7.15. The number of aryl methyl sites for hydroxylation is 1. The molecule has 15 heteroatoms. The number of alkyl halides is 6. The van der Waals surface area contributed by atoms with E-state index in [4.69, 9.17) is 16.9 Å². The molecule has 3 aromatic carbocycles. The van der Waals surface area contributed by atoms with E-state index < -0.39 is 28.5 Å². The first kappa shape index (κ1) is 33.0. The van der Waals surface area contributed by atoms with Crippen LogP contribution in [0.5, 0.6) is 0 Å². The Hall–Kier alpha value is -4.39. The van der Waals surface area contributed by atoms with E-state index in [0.717, 1.165) is 18.2 Å². The molecule has 0 bridgehead atoms. The molecule has 1 aromatic heterocycles. The van der Waals surface area contributed by atoms with Gasteiger partial charge in [0.15, 0.2) is 11.0 Å². The zero-order chi connectivity index (χ0) is 33.4. The lowest BCUT2D eigenvalue weighted by atomic mass is 10.1. The largest absolute Gasteiger partial charge is 0.417 e. The van der Waals surface area contributed by atoms with Crippen LogP contribution in [0.4, 0.5) is 37.7 Å². The summed E-state index contributed by atoms with van der Waals surface area (Å²) in [6.07, 6.45) is -4.55. The molecule has 0 aliphatic carbocycles. The minimum atomic E-state index is -4.69. The van der Waals surface area contributed by atoms with Gasteiger partial charge in [-0.15, -0.1) is 8.90 Å². The molecule has 0 saturated heterocycles. The molecule has 0 amide bonds. The Morgan fingerprint density at radius 1 is 1.02 bits per heavy atom. The minimum Gasteiger partial charge on any atom is -0.329 e. The first-order valence-corrected chi connectivity index (χ1v) is 14.2. The van der Waals surface area contributed by atoms with Gasteiger partial charge in [-0.2, -0.15) is 26.3 Å². The fourth-order valence-corrected chi connectivity index (χ4v) is 5.48. The lowest BCUT2D eigenvalue weighted by Gasteiger charge is -2.25. The van der Waals surface area contributed by atoms with Crippen molar-refractivity contribution in [1.29, 1.82) is 0 Å². The molecule has 0 saturated carbocycles. The molecule has 0 atom stereocenters. The van der Waals surface area contributed by atoms with Gasteiger partial charge in [-0.1, -0.05) is 59.6 Å². The first-order valence-electron chi connectivity index (χ1n) is 13.1. The Morgan fingerprint density at radius 2 is 1.74 bits per heavy atom. The van der Waals surface area contributed by atoms with Gasteiger partial charge < -0.3 is 4.90 Å². The number of hydrogen-bond donors (Lipinski definition) is 1.